The van der Waals surface area contributed by atoms with E-state index in [0.29, 0.717) is 0 Å². The molecule has 8 nitrogen and oxygen atoms in total. The van der Waals surface area contributed by atoms with Gasteiger partial charge in [0.05, 0.1) is 15.2 Å². The Balaban J connectivity index is 1.74. The van der Waals surface area contributed by atoms with Gasteiger partial charge in [-0.05, 0) is 50.2 Å². The predicted molar refractivity (Wildman–Crippen MR) is 116 cm³/mol. The van der Waals surface area contributed by atoms with Crippen LogP contribution in [-0.2, 0) is 19.4 Å². The van der Waals surface area contributed by atoms with Gasteiger partial charge in [0, 0.05) is 25.1 Å². The molecule has 1 heterocycles. The van der Waals surface area contributed by atoms with Crippen molar-refractivity contribution in [3.63, 3.8) is 0 Å². The first-order valence-electron chi connectivity index (χ1n) is 10.8. The lowest BCUT2D eigenvalue weighted by atomic mass is 9.84. The lowest BCUT2D eigenvalue weighted by molar-refractivity contribution is -0.153. The fourth-order valence-corrected chi connectivity index (χ4v) is 6.67. The number of amides is 1. The van der Waals surface area contributed by atoms with Gasteiger partial charge in [0.25, 0.3) is 0 Å². The number of ether oxygens (including phenoxy) is 1. The van der Waals surface area contributed by atoms with Gasteiger partial charge in [0.2, 0.25) is 5.91 Å². The Morgan fingerprint density at radius 3 is 2.41 bits per heavy atom. The largest absolute Gasteiger partial charge is 0.484 e. The molecule has 13 heteroatoms. The Morgan fingerprint density at radius 2 is 1.85 bits per heavy atom. The van der Waals surface area contributed by atoms with Crippen LogP contribution < -0.4 is 10.5 Å². The fourth-order valence-electron chi connectivity index (χ4n) is 4.44. The second-order valence-corrected chi connectivity index (χ2v) is 11.4. The molecule has 2 aliphatic rings. The van der Waals surface area contributed by atoms with Crippen LogP contribution in [0.15, 0.2) is 23.1 Å². The summed E-state index contributed by atoms with van der Waals surface area (Å²) in [4.78, 5) is 25.4. The second-order valence-electron chi connectivity index (χ2n) is 8.78. The number of alkyl halides is 3. The standard InChI is InChI=1S/C21H26ClF3N2O6S/c22-16-8-14(33-11-21(23,24)25)5-6-18(16)34(31,32)15-9-17(20(29)30)27(10-15)19(28)7-12-1-3-13(26)4-2-12/h5-6,8,12-13,15,17H,1-4,7,9-11,26H2,(H,29,30). The molecular formula is C21H26ClF3N2O6S. The zero-order chi connectivity index (χ0) is 25.3. The molecule has 0 spiro atoms. The first kappa shape index (κ1) is 26.6. The van der Waals surface area contributed by atoms with Gasteiger partial charge in [0.15, 0.2) is 16.4 Å². The molecule has 1 saturated heterocycles. The van der Waals surface area contributed by atoms with Crippen molar-refractivity contribution in [2.24, 2.45) is 11.7 Å². The highest BCUT2D eigenvalue weighted by atomic mass is 35.5. The number of sulfone groups is 1. The molecule has 2 atom stereocenters. The number of nitrogens with zero attached hydrogens (tertiary/aromatic N) is 1. The van der Waals surface area contributed by atoms with Crippen LogP contribution in [0.4, 0.5) is 13.2 Å². The van der Waals surface area contributed by atoms with E-state index in [4.69, 9.17) is 17.3 Å². The number of benzene rings is 1. The molecule has 1 aliphatic carbocycles. The van der Waals surface area contributed by atoms with Gasteiger partial charge < -0.3 is 20.5 Å². The predicted octanol–water partition coefficient (Wildman–Crippen LogP) is 3.02. The van der Waals surface area contributed by atoms with E-state index in [1.807, 2.05) is 0 Å². The number of rotatable bonds is 7. The molecule has 34 heavy (non-hydrogen) atoms. The minimum atomic E-state index is -4.58. The molecular weight excluding hydrogens is 501 g/mol. The maximum Gasteiger partial charge on any atom is 0.422 e. The van der Waals surface area contributed by atoms with E-state index in [9.17, 15) is 36.3 Å². The summed E-state index contributed by atoms with van der Waals surface area (Å²) in [6, 6.07) is 1.82. The van der Waals surface area contributed by atoms with Crippen LogP contribution in [0.5, 0.6) is 5.75 Å². The van der Waals surface area contributed by atoms with Gasteiger partial charge in [-0.25, -0.2) is 13.2 Å². The van der Waals surface area contributed by atoms with Crippen molar-refractivity contribution in [3.8, 4) is 5.75 Å². The maximum atomic E-state index is 13.2. The molecule has 1 aliphatic heterocycles. The Bertz CT molecular complexity index is 1030. The normalized spacial score (nSPS) is 25.9. The Morgan fingerprint density at radius 1 is 1.21 bits per heavy atom. The van der Waals surface area contributed by atoms with Crippen molar-refractivity contribution in [2.75, 3.05) is 13.2 Å². The van der Waals surface area contributed by atoms with Crippen LogP contribution in [0.1, 0.15) is 38.5 Å². The van der Waals surface area contributed by atoms with Crippen molar-refractivity contribution in [3.05, 3.63) is 23.2 Å². The number of nitrogens with two attached hydrogens (primary N) is 1. The van der Waals surface area contributed by atoms with Crippen molar-refractivity contribution >= 4 is 33.3 Å². The third-order valence-corrected chi connectivity index (χ3v) is 8.89. The summed E-state index contributed by atoms with van der Waals surface area (Å²) in [6.45, 7) is -1.88. The zero-order valence-corrected chi connectivity index (χ0v) is 19.7. The molecule has 0 bridgehead atoms. The molecule has 1 saturated carbocycles. The topological polar surface area (TPSA) is 127 Å². The van der Waals surface area contributed by atoms with Crippen LogP contribution in [0.25, 0.3) is 0 Å². The number of halogens is 4. The molecule has 3 rings (SSSR count). The average Bonchev–Trinajstić information content (AvgIpc) is 3.20. The molecule has 2 unspecified atom stereocenters. The molecule has 190 valence electrons. The Hall–Kier alpha value is -2.05. The fraction of sp³-hybridized carbons (Fsp3) is 0.619. The quantitative estimate of drug-likeness (QED) is 0.559. The molecule has 2 fully saturated rings. The lowest BCUT2D eigenvalue weighted by Gasteiger charge is -2.28. The first-order valence-corrected chi connectivity index (χ1v) is 12.7. The molecule has 1 aromatic carbocycles. The number of carboxylic acid groups (broad SMARTS) is 1. The molecule has 3 N–H and O–H groups in total. The van der Waals surface area contributed by atoms with Gasteiger partial charge in [-0.2, -0.15) is 13.2 Å². The number of likely N-dealkylation sites (tertiary alicyclic amines) is 1. The summed E-state index contributed by atoms with van der Waals surface area (Å²) < 4.78 is 68.0. The smallest absolute Gasteiger partial charge is 0.422 e. The van der Waals surface area contributed by atoms with E-state index < -0.39 is 45.8 Å². The van der Waals surface area contributed by atoms with Gasteiger partial charge >= 0.3 is 12.1 Å². The maximum absolute atomic E-state index is 13.2. The van der Waals surface area contributed by atoms with Gasteiger partial charge in [0.1, 0.15) is 11.8 Å². The highest BCUT2D eigenvalue weighted by Gasteiger charge is 2.46. The minimum absolute atomic E-state index is 0.0658. The summed E-state index contributed by atoms with van der Waals surface area (Å²) in [5.41, 5.74) is 5.88. The summed E-state index contributed by atoms with van der Waals surface area (Å²) in [5, 5.41) is 8.03. The number of hydrogen-bond acceptors (Lipinski definition) is 6. The SMILES string of the molecule is NC1CCC(CC(=O)N2CC(S(=O)(=O)c3ccc(OCC(F)(F)F)cc3Cl)CC2C(=O)O)CC1. The van der Waals surface area contributed by atoms with Crippen LogP contribution in [0.2, 0.25) is 5.02 Å². The van der Waals surface area contributed by atoms with E-state index in [1.54, 1.807) is 0 Å². The van der Waals surface area contributed by atoms with Crippen molar-refractivity contribution < 1.29 is 41.0 Å². The van der Waals surface area contributed by atoms with Crippen LogP contribution in [-0.4, -0.2) is 67.0 Å². The summed E-state index contributed by atoms with van der Waals surface area (Å²) >= 11 is 6.03. The van der Waals surface area contributed by atoms with Crippen molar-refractivity contribution in [1.29, 1.82) is 0 Å². The molecule has 1 aromatic rings. The van der Waals surface area contributed by atoms with E-state index in [-0.39, 0.29) is 47.0 Å². The average molecular weight is 527 g/mol. The van der Waals surface area contributed by atoms with E-state index in [2.05, 4.69) is 4.74 Å². The molecule has 1 amide bonds. The van der Waals surface area contributed by atoms with Crippen molar-refractivity contribution in [1.82, 2.24) is 4.90 Å². The van der Waals surface area contributed by atoms with E-state index in [0.717, 1.165) is 48.8 Å². The van der Waals surface area contributed by atoms with Crippen molar-refractivity contribution in [2.45, 2.75) is 66.9 Å². The van der Waals surface area contributed by atoms with E-state index >= 15 is 0 Å². The van der Waals surface area contributed by atoms with Crippen LogP contribution in [0.3, 0.4) is 0 Å². The van der Waals surface area contributed by atoms with Gasteiger partial charge in [-0.3, -0.25) is 4.79 Å². The second kappa shape index (κ2) is 10.3. The molecule has 0 radical (unpaired) electrons. The van der Waals surface area contributed by atoms with Crippen LogP contribution in [0, 0.1) is 5.92 Å². The minimum Gasteiger partial charge on any atom is -0.484 e. The Labute approximate surface area is 200 Å². The highest BCUT2D eigenvalue weighted by molar-refractivity contribution is 7.92. The highest BCUT2D eigenvalue weighted by Crippen LogP contribution is 2.35. The third kappa shape index (κ3) is 6.33. The summed E-state index contributed by atoms with van der Waals surface area (Å²) in [6.07, 6.45) is -1.72. The Kier molecular flexibility index (Phi) is 8.03. The number of carbonyl (C=O) groups is 2. The van der Waals surface area contributed by atoms with Crippen LogP contribution >= 0.6 is 11.6 Å². The molecule has 0 aromatic heterocycles. The first-order chi connectivity index (χ1) is 15.8. The number of carboxylic acids is 1. The van der Waals surface area contributed by atoms with Gasteiger partial charge in [-0.15, -0.1) is 0 Å². The number of carbonyl (C=O) groups excluding carboxylic acids is 1. The summed E-state index contributed by atoms with van der Waals surface area (Å²) in [7, 11) is -4.19. The monoisotopic (exact) mass is 526 g/mol. The third-order valence-electron chi connectivity index (χ3n) is 6.27. The number of aliphatic carboxylic acids is 1. The van der Waals surface area contributed by atoms with E-state index in [1.165, 1.54) is 0 Å². The number of hydrogen-bond donors (Lipinski definition) is 2. The zero-order valence-electron chi connectivity index (χ0n) is 18.1. The summed E-state index contributed by atoms with van der Waals surface area (Å²) in [5.74, 6) is -1.93. The lowest BCUT2D eigenvalue weighted by Crippen LogP contribution is -2.42. The van der Waals surface area contributed by atoms with Gasteiger partial charge in [-0.1, -0.05) is 11.6 Å².